The Morgan fingerprint density at radius 3 is 2.03 bits per heavy atom. The van der Waals surface area contributed by atoms with Crippen LogP contribution in [0.25, 0.3) is 0 Å². The van der Waals surface area contributed by atoms with Gasteiger partial charge in [-0.1, -0.05) is 60.7 Å². The summed E-state index contributed by atoms with van der Waals surface area (Å²) in [5.41, 5.74) is 3.88. The first-order chi connectivity index (χ1) is 14.6. The second kappa shape index (κ2) is 10.8. The Morgan fingerprint density at radius 2 is 1.37 bits per heavy atom. The van der Waals surface area contributed by atoms with Crippen molar-refractivity contribution in [2.24, 2.45) is 0 Å². The van der Waals surface area contributed by atoms with Gasteiger partial charge in [-0.2, -0.15) is 0 Å². The largest absolute Gasteiger partial charge is 0.379 e. The second-order valence-electron chi connectivity index (χ2n) is 7.16. The molecule has 1 unspecified atom stereocenters. The number of hydrogen-bond donors (Lipinski definition) is 3. The van der Waals surface area contributed by atoms with Gasteiger partial charge in [-0.3, -0.25) is 9.59 Å². The van der Waals surface area contributed by atoms with Crippen molar-refractivity contribution in [3.05, 3.63) is 96.1 Å². The summed E-state index contributed by atoms with van der Waals surface area (Å²) in [6, 6.07) is 27.6. The van der Waals surface area contributed by atoms with Crippen molar-refractivity contribution in [2.45, 2.75) is 25.8 Å². The van der Waals surface area contributed by atoms with E-state index in [0.29, 0.717) is 13.0 Å². The third kappa shape index (κ3) is 6.78. The third-order valence-corrected chi connectivity index (χ3v) is 4.73. The van der Waals surface area contributed by atoms with Crippen LogP contribution < -0.4 is 16.0 Å². The number of nitrogens with one attached hydrogen (secondary N) is 3. The molecule has 0 fully saturated rings. The Kier molecular flexibility index (Phi) is 7.61. The fourth-order valence-corrected chi connectivity index (χ4v) is 3.11. The third-order valence-electron chi connectivity index (χ3n) is 4.73. The zero-order chi connectivity index (χ0) is 21.2. The standard InChI is InChI=1S/C25H27N3O2/c1-19(21-10-6-3-7-11-21)27-22-12-14-23(15-13-22)28-24(29)16-17-26-25(30)18-20-8-4-2-5-9-20/h2-15,19,27H,16-18H2,1H3,(H,26,30)(H,28,29). The average molecular weight is 402 g/mol. The number of benzene rings is 3. The summed E-state index contributed by atoms with van der Waals surface area (Å²) in [5, 5.41) is 9.09. The summed E-state index contributed by atoms with van der Waals surface area (Å²) in [5.74, 6) is -0.217. The summed E-state index contributed by atoms with van der Waals surface area (Å²) >= 11 is 0. The molecule has 0 spiro atoms. The lowest BCUT2D eigenvalue weighted by Crippen LogP contribution is -2.28. The first kappa shape index (κ1) is 21.1. The highest BCUT2D eigenvalue weighted by molar-refractivity contribution is 5.91. The first-order valence-corrected chi connectivity index (χ1v) is 10.1. The van der Waals surface area contributed by atoms with E-state index in [0.717, 1.165) is 16.9 Å². The second-order valence-corrected chi connectivity index (χ2v) is 7.16. The molecule has 5 nitrogen and oxygen atoms in total. The average Bonchev–Trinajstić information content (AvgIpc) is 2.76. The quantitative estimate of drug-likeness (QED) is 0.493. The Morgan fingerprint density at radius 1 is 0.767 bits per heavy atom. The van der Waals surface area contributed by atoms with Gasteiger partial charge in [0, 0.05) is 30.4 Å². The molecule has 0 aliphatic rings. The minimum Gasteiger partial charge on any atom is -0.379 e. The first-order valence-electron chi connectivity index (χ1n) is 10.1. The topological polar surface area (TPSA) is 70.2 Å². The molecular weight excluding hydrogens is 374 g/mol. The van der Waals surface area contributed by atoms with Crippen LogP contribution in [-0.2, 0) is 16.0 Å². The Hall–Kier alpha value is -3.60. The maximum atomic E-state index is 12.1. The van der Waals surface area contributed by atoms with Crippen molar-refractivity contribution >= 4 is 23.2 Å². The minimum atomic E-state index is -0.131. The van der Waals surface area contributed by atoms with Crippen LogP contribution in [0.5, 0.6) is 0 Å². The van der Waals surface area contributed by atoms with Crippen molar-refractivity contribution in [1.29, 1.82) is 0 Å². The molecule has 3 aromatic carbocycles. The number of anilines is 2. The van der Waals surface area contributed by atoms with Crippen LogP contribution in [0.3, 0.4) is 0 Å². The van der Waals surface area contributed by atoms with Gasteiger partial charge in [0.2, 0.25) is 11.8 Å². The summed E-state index contributed by atoms with van der Waals surface area (Å²) in [4.78, 5) is 24.1. The van der Waals surface area contributed by atoms with E-state index < -0.39 is 0 Å². The molecule has 0 aliphatic carbocycles. The highest BCUT2D eigenvalue weighted by Crippen LogP contribution is 2.20. The smallest absolute Gasteiger partial charge is 0.226 e. The van der Waals surface area contributed by atoms with Crippen molar-refractivity contribution in [2.75, 3.05) is 17.2 Å². The van der Waals surface area contributed by atoms with Gasteiger partial charge in [-0.15, -0.1) is 0 Å². The van der Waals surface area contributed by atoms with Crippen molar-refractivity contribution < 1.29 is 9.59 Å². The van der Waals surface area contributed by atoms with Gasteiger partial charge in [0.05, 0.1) is 6.42 Å². The number of hydrogen-bond acceptors (Lipinski definition) is 3. The van der Waals surface area contributed by atoms with Gasteiger partial charge in [0.1, 0.15) is 0 Å². The minimum absolute atomic E-state index is 0.0861. The molecule has 154 valence electrons. The zero-order valence-electron chi connectivity index (χ0n) is 17.1. The predicted octanol–water partition coefficient (Wildman–Crippen LogP) is 4.55. The molecule has 2 amide bonds. The van der Waals surface area contributed by atoms with E-state index in [1.165, 1.54) is 5.56 Å². The molecule has 3 N–H and O–H groups in total. The van der Waals surface area contributed by atoms with E-state index in [1.807, 2.05) is 72.8 Å². The number of amides is 2. The van der Waals surface area contributed by atoms with Gasteiger partial charge in [0.25, 0.3) is 0 Å². The lowest BCUT2D eigenvalue weighted by Gasteiger charge is -2.16. The van der Waals surface area contributed by atoms with E-state index in [1.54, 1.807) is 0 Å². The van der Waals surface area contributed by atoms with Crippen LogP contribution in [0, 0.1) is 0 Å². The van der Waals surface area contributed by atoms with Crippen LogP contribution in [0.2, 0.25) is 0 Å². The molecule has 30 heavy (non-hydrogen) atoms. The van der Waals surface area contributed by atoms with Gasteiger partial charge in [-0.05, 0) is 42.3 Å². The maximum Gasteiger partial charge on any atom is 0.226 e. The highest BCUT2D eigenvalue weighted by atomic mass is 16.2. The highest BCUT2D eigenvalue weighted by Gasteiger charge is 2.07. The van der Waals surface area contributed by atoms with Crippen LogP contribution in [0.15, 0.2) is 84.9 Å². The van der Waals surface area contributed by atoms with Gasteiger partial charge < -0.3 is 16.0 Å². The SMILES string of the molecule is CC(Nc1ccc(NC(=O)CCNC(=O)Cc2ccccc2)cc1)c1ccccc1. The van der Waals surface area contributed by atoms with Gasteiger partial charge >= 0.3 is 0 Å². The molecule has 3 aromatic rings. The molecule has 5 heteroatoms. The monoisotopic (exact) mass is 401 g/mol. The van der Waals surface area contributed by atoms with E-state index in [9.17, 15) is 9.59 Å². The number of carbonyl (C=O) groups excluding carboxylic acids is 2. The lowest BCUT2D eigenvalue weighted by molar-refractivity contribution is -0.120. The molecule has 0 bridgehead atoms. The molecule has 0 radical (unpaired) electrons. The Labute approximate surface area is 177 Å². The molecule has 0 saturated heterocycles. The van der Waals surface area contributed by atoms with Crippen LogP contribution in [0.4, 0.5) is 11.4 Å². The van der Waals surface area contributed by atoms with Crippen LogP contribution in [-0.4, -0.2) is 18.4 Å². The molecule has 0 aromatic heterocycles. The van der Waals surface area contributed by atoms with Crippen molar-refractivity contribution in [3.8, 4) is 0 Å². The molecule has 1 atom stereocenters. The van der Waals surface area contributed by atoms with Crippen molar-refractivity contribution in [3.63, 3.8) is 0 Å². The number of rotatable bonds is 9. The lowest BCUT2D eigenvalue weighted by atomic mass is 10.1. The van der Waals surface area contributed by atoms with Crippen LogP contribution >= 0.6 is 0 Å². The summed E-state index contributed by atoms with van der Waals surface area (Å²) in [7, 11) is 0. The number of carbonyl (C=O) groups is 2. The predicted molar refractivity (Wildman–Crippen MR) is 121 cm³/mol. The fraction of sp³-hybridized carbons (Fsp3) is 0.200. The van der Waals surface area contributed by atoms with E-state index in [4.69, 9.17) is 0 Å². The Bertz CT molecular complexity index is 941. The van der Waals surface area contributed by atoms with E-state index in [2.05, 4.69) is 35.0 Å². The van der Waals surface area contributed by atoms with Crippen LogP contribution in [0.1, 0.15) is 30.5 Å². The summed E-state index contributed by atoms with van der Waals surface area (Å²) in [6.07, 6.45) is 0.546. The molecule has 3 rings (SSSR count). The zero-order valence-corrected chi connectivity index (χ0v) is 17.1. The molecule has 0 saturated carbocycles. The summed E-state index contributed by atoms with van der Waals surface area (Å²) < 4.78 is 0. The van der Waals surface area contributed by atoms with Crippen molar-refractivity contribution in [1.82, 2.24) is 5.32 Å². The normalized spacial score (nSPS) is 11.4. The molecular formula is C25H27N3O2. The summed E-state index contributed by atoms with van der Waals surface area (Å²) in [6.45, 7) is 2.42. The van der Waals surface area contributed by atoms with Gasteiger partial charge in [0.15, 0.2) is 0 Å². The van der Waals surface area contributed by atoms with E-state index >= 15 is 0 Å². The molecule has 0 heterocycles. The molecule has 0 aliphatic heterocycles. The Balaban J connectivity index is 1.39. The van der Waals surface area contributed by atoms with Gasteiger partial charge in [-0.25, -0.2) is 0 Å². The fourth-order valence-electron chi connectivity index (χ4n) is 3.11. The van der Waals surface area contributed by atoms with E-state index in [-0.39, 0.29) is 24.3 Å². The maximum absolute atomic E-state index is 12.1.